The van der Waals surface area contributed by atoms with Crippen molar-refractivity contribution in [2.45, 2.75) is 38.5 Å². The monoisotopic (exact) mass is 540 g/mol. The average Bonchev–Trinajstić information content (AvgIpc) is 3.19. The fraction of sp³-hybridized carbons (Fsp3) is 0.292. The molecule has 2 N–H and O–H groups in total. The number of aliphatic hydroxyl groups excluding tert-OH is 1. The van der Waals surface area contributed by atoms with Crippen LogP contribution in [0.3, 0.4) is 0 Å². The number of H-pyrrole nitrogens is 1. The highest BCUT2D eigenvalue weighted by Gasteiger charge is 2.33. The fourth-order valence-electron chi connectivity index (χ4n) is 3.87. The molecule has 202 valence electrons. The number of benzene rings is 2. The normalized spacial score (nSPS) is 13.6. The molecule has 2 unspecified atom stereocenters. The van der Waals surface area contributed by atoms with Crippen LogP contribution in [0.25, 0.3) is 22.6 Å². The molecule has 2 aromatic carbocycles. The number of ether oxygens (including phenoxy) is 2. The van der Waals surface area contributed by atoms with Crippen molar-refractivity contribution < 1.29 is 36.5 Å². The van der Waals surface area contributed by atoms with E-state index in [-0.39, 0.29) is 28.3 Å². The molecule has 9 nitrogen and oxygen atoms in total. The molecule has 38 heavy (non-hydrogen) atoms. The van der Waals surface area contributed by atoms with Gasteiger partial charge < -0.3 is 19.1 Å². The summed E-state index contributed by atoms with van der Waals surface area (Å²) in [5.41, 5.74) is -1.82. The SMILES string of the molecule is CC(Oc1ccc(-c2nc3c(c(=O)[nH]c(=O)n3CC(O)C(F)F)n2C)cc1OC(F)(F)F)c1ccccc1. The molecule has 2 heterocycles. The van der Waals surface area contributed by atoms with E-state index in [9.17, 15) is 36.6 Å². The van der Waals surface area contributed by atoms with Gasteiger partial charge in [-0.25, -0.2) is 18.6 Å². The molecule has 0 amide bonds. The smallest absolute Gasteiger partial charge is 0.482 e. The molecule has 14 heteroatoms. The Kier molecular flexibility index (Phi) is 7.26. The van der Waals surface area contributed by atoms with Gasteiger partial charge in [0.25, 0.3) is 12.0 Å². The molecule has 0 fully saturated rings. The van der Waals surface area contributed by atoms with Crippen molar-refractivity contribution in [2.24, 2.45) is 7.05 Å². The number of halogens is 5. The molecular weight excluding hydrogens is 519 g/mol. The standard InChI is InChI=1S/C24H21F5N4O5/c1-12(13-6-4-3-5-7-13)37-16-9-8-14(10-17(16)38-24(27,28)29)20-30-21-18(32(20)2)22(35)31-23(36)33(21)11-15(34)19(25)26/h3-10,12,15,19,34H,11H2,1-2H3,(H,31,35,36). The quantitative estimate of drug-likeness (QED) is 0.330. The van der Waals surface area contributed by atoms with Crippen LogP contribution in [0.2, 0.25) is 0 Å². The number of aromatic amines is 1. The van der Waals surface area contributed by atoms with Gasteiger partial charge in [-0.1, -0.05) is 30.3 Å². The number of fused-ring (bicyclic) bond motifs is 1. The highest BCUT2D eigenvalue weighted by Crippen LogP contribution is 2.38. The summed E-state index contributed by atoms with van der Waals surface area (Å²) < 4.78 is 77.3. The number of rotatable bonds is 8. The predicted molar refractivity (Wildman–Crippen MR) is 125 cm³/mol. The van der Waals surface area contributed by atoms with Crippen molar-refractivity contribution in [1.29, 1.82) is 0 Å². The molecule has 0 bridgehead atoms. The maximum absolute atomic E-state index is 13.2. The van der Waals surface area contributed by atoms with Crippen LogP contribution < -0.4 is 20.7 Å². The topological polar surface area (TPSA) is 111 Å². The van der Waals surface area contributed by atoms with Gasteiger partial charge in [0.1, 0.15) is 18.0 Å². The molecular formula is C24H21F5N4O5. The minimum Gasteiger partial charge on any atom is -0.482 e. The maximum Gasteiger partial charge on any atom is 0.573 e. The fourth-order valence-corrected chi connectivity index (χ4v) is 3.87. The zero-order valence-corrected chi connectivity index (χ0v) is 19.9. The third-order valence-electron chi connectivity index (χ3n) is 5.67. The van der Waals surface area contributed by atoms with E-state index < -0.39 is 48.5 Å². The number of aliphatic hydroxyl groups is 1. The molecule has 0 aliphatic carbocycles. The largest absolute Gasteiger partial charge is 0.573 e. The average molecular weight is 540 g/mol. The van der Waals surface area contributed by atoms with Gasteiger partial charge >= 0.3 is 12.1 Å². The Hall–Kier alpha value is -4.20. The zero-order chi connectivity index (χ0) is 27.8. The number of alkyl halides is 5. The molecule has 0 saturated heterocycles. The first kappa shape index (κ1) is 26.9. The van der Waals surface area contributed by atoms with Crippen LogP contribution in [0.15, 0.2) is 58.1 Å². The van der Waals surface area contributed by atoms with E-state index in [1.165, 1.54) is 23.7 Å². The maximum atomic E-state index is 13.2. The van der Waals surface area contributed by atoms with E-state index >= 15 is 0 Å². The number of aromatic nitrogens is 4. The third-order valence-corrected chi connectivity index (χ3v) is 5.67. The van der Waals surface area contributed by atoms with Gasteiger partial charge in [-0.2, -0.15) is 0 Å². The van der Waals surface area contributed by atoms with Crippen LogP contribution >= 0.6 is 0 Å². The van der Waals surface area contributed by atoms with Crippen molar-refractivity contribution in [3.63, 3.8) is 0 Å². The lowest BCUT2D eigenvalue weighted by atomic mass is 10.1. The van der Waals surface area contributed by atoms with Crippen LogP contribution in [0.5, 0.6) is 11.5 Å². The highest BCUT2D eigenvalue weighted by atomic mass is 19.4. The molecule has 2 aromatic heterocycles. The van der Waals surface area contributed by atoms with Gasteiger partial charge in [-0.3, -0.25) is 14.3 Å². The Morgan fingerprint density at radius 2 is 1.76 bits per heavy atom. The van der Waals surface area contributed by atoms with Crippen molar-refractivity contribution in [3.05, 3.63) is 74.9 Å². The van der Waals surface area contributed by atoms with Crippen molar-refractivity contribution in [1.82, 2.24) is 19.1 Å². The van der Waals surface area contributed by atoms with Gasteiger partial charge in [0, 0.05) is 12.6 Å². The van der Waals surface area contributed by atoms with Crippen molar-refractivity contribution >= 4 is 11.2 Å². The zero-order valence-electron chi connectivity index (χ0n) is 19.9. The summed E-state index contributed by atoms with van der Waals surface area (Å²) in [5.74, 6) is -0.994. The molecule has 0 radical (unpaired) electrons. The van der Waals surface area contributed by atoms with Crippen molar-refractivity contribution in [3.8, 4) is 22.9 Å². The first-order chi connectivity index (χ1) is 17.9. The van der Waals surface area contributed by atoms with Gasteiger partial charge in [0.05, 0.1) is 6.54 Å². The second-order valence-corrected chi connectivity index (χ2v) is 8.32. The second-order valence-electron chi connectivity index (χ2n) is 8.32. The van der Waals surface area contributed by atoms with Gasteiger partial charge in [0.2, 0.25) is 0 Å². The van der Waals surface area contributed by atoms with Crippen LogP contribution in [0, 0.1) is 0 Å². The summed E-state index contributed by atoms with van der Waals surface area (Å²) in [7, 11) is 1.35. The minimum absolute atomic E-state index is 0.0375. The van der Waals surface area contributed by atoms with Crippen LogP contribution in [0.1, 0.15) is 18.6 Å². The van der Waals surface area contributed by atoms with Crippen LogP contribution in [0.4, 0.5) is 22.0 Å². The predicted octanol–water partition coefficient (Wildman–Crippen LogP) is 3.75. The van der Waals surface area contributed by atoms with Gasteiger partial charge in [0.15, 0.2) is 22.7 Å². The van der Waals surface area contributed by atoms with Gasteiger partial charge in [-0.05, 0) is 30.7 Å². The summed E-state index contributed by atoms with van der Waals surface area (Å²) in [6.45, 7) is 0.762. The number of hydrogen-bond donors (Lipinski definition) is 2. The van der Waals surface area contributed by atoms with E-state index in [1.807, 2.05) is 4.98 Å². The Morgan fingerprint density at radius 1 is 1.08 bits per heavy atom. The Morgan fingerprint density at radius 3 is 2.39 bits per heavy atom. The van der Waals surface area contributed by atoms with Crippen molar-refractivity contribution in [2.75, 3.05) is 0 Å². The molecule has 0 spiro atoms. The Labute approximate surface area is 210 Å². The molecule has 0 aliphatic heterocycles. The number of hydrogen-bond acceptors (Lipinski definition) is 6. The second kappa shape index (κ2) is 10.3. The number of nitrogens with zero attached hydrogens (tertiary/aromatic N) is 3. The summed E-state index contributed by atoms with van der Waals surface area (Å²) in [5, 5.41) is 9.58. The van der Waals surface area contributed by atoms with E-state index in [2.05, 4.69) is 9.72 Å². The summed E-state index contributed by atoms with van der Waals surface area (Å²) >= 11 is 0. The first-order valence-corrected chi connectivity index (χ1v) is 11.1. The minimum atomic E-state index is -5.07. The van der Waals surface area contributed by atoms with E-state index in [0.29, 0.717) is 10.1 Å². The first-order valence-electron chi connectivity index (χ1n) is 11.1. The molecule has 4 aromatic rings. The number of imidazole rings is 1. The number of nitrogens with one attached hydrogen (secondary N) is 1. The summed E-state index contributed by atoms with van der Waals surface area (Å²) in [6.07, 6.45) is -11.1. The number of aryl methyl sites for hydroxylation is 1. The lowest BCUT2D eigenvalue weighted by molar-refractivity contribution is -0.275. The summed E-state index contributed by atoms with van der Waals surface area (Å²) in [4.78, 5) is 30.9. The molecule has 2 atom stereocenters. The van der Waals surface area contributed by atoms with Crippen LogP contribution in [-0.4, -0.2) is 43.1 Å². The molecule has 0 saturated carbocycles. The molecule has 0 aliphatic rings. The highest BCUT2D eigenvalue weighted by molar-refractivity contribution is 5.77. The summed E-state index contributed by atoms with van der Waals surface area (Å²) in [6, 6.07) is 12.3. The Bertz CT molecular complexity index is 1560. The molecule has 4 rings (SSSR count). The lowest BCUT2D eigenvalue weighted by Gasteiger charge is -2.19. The van der Waals surface area contributed by atoms with E-state index in [4.69, 9.17) is 4.74 Å². The van der Waals surface area contributed by atoms with E-state index in [1.54, 1.807) is 37.3 Å². The Balaban J connectivity index is 1.82. The van der Waals surface area contributed by atoms with Crippen LogP contribution in [-0.2, 0) is 13.6 Å². The van der Waals surface area contributed by atoms with E-state index in [0.717, 1.165) is 6.07 Å². The van der Waals surface area contributed by atoms with Gasteiger partial charge in [-0.15, -0.1) is 13.2 Å². The lowest BCUT2D eigenvalue weighted by Crippen LogP contribution is -2.36. The third kappa shape index (κ3) is 5.54.